The molecule has 0 spiro atoms. The van der Waals surface area contributed by atoms with Gasteiger partial charge in [-0.15, -0.1) is 0 Å². The van der Waals surface area contributed by atoms with E-state index in [1.54, 1.807) is 18.2 Å². The van der Waals surface area contributed by atoms with Crippen LogP contribution in [0.4, 0.5) is 4.39 Å². The van der Waals surface area contributed by atoms with Gasteiger partial charge >= 0.3 is 0 Å². The number of aliphatic hydroxyl groups excluding tert-OH is 1. The standard InChI is InChI=1S/C14H13BrFNO2/c1-2-14(18)13-6-4-10(8-17-13)19-9-3-5-12(16)11(15)7-9/h3-8,14,18H,2H2,1H3/t14-/m1/s1. The fourth-order valence-electron chi connectivity index (χ4n) is 1.53. The first-order chi connectivity index (χ1) is 9.10. The lowest BCUT2D eigenvalue weighted by atomic mass is 10.2. The Balaban J connectivity index is 2.12. The maximum absolute atomic E-state index is 13.1. The zero-order valence-electron chi connectivity index (χ0n) is 10.3. The molecule has 1 aromatic carbocycles. The second-order valence-electron chi connectivity index (χ2n) is 4.02. The van der Waals surface area contributed by atoms with Crippen LogP contribution in [0.1, 0.15) is 25.1 Å². The maximum Gasteiger partial charge on any atom is 0.145 e. The van der Waals surface area contributed by atoms with Gasteiger partial charge in [0.05, 0.1) is 22.5 Å². The number of pyridine rings is 1. The zero-order chi connectivity index (χ0) is 13.8. The largest absolute Gasteiger partial charge is 0.456 e. The summed E-state index contributed by atoms with van der Waals surface area (Å²) in [5, 5.41) is 9.63. The highest BCUT2D eigenvalue weighted by molar-refractivity contribution is 9.10. The van der Waals surface area contributed by atoms with E-state index in [-0.39, 0.29) is 5.82 Å². The molecule has 0 aliphatic carbocycles. The third kappa shape index (κ3) is 3.52. The van der Waals surface area contributed by atoms with Crippen molar-refractivity contribution in [2.24, 2.45) is 0 Å². The zero-order valence-corrected chi connectivity index (χ0v) is 11.9. The molecule has 0 unspecified atom stereocenters. The molecule has 1 heterocycles. The van der Waals surface area contributed by atoms with E-state index in [0.29, 0.717) is 28.1 Å². The molecular weight excluding hydrogens is 313 g/mol. The van der Waals surface area contributed by atoms with Crippen molar-refractivity contribution in [1.82, 2.24) is 4.98 Å². The van der Waals surface area contributed by atoms with Gasteiger partial charge in [0.25, 0.3) is 0 Å². The Morgan fingerprint density at radius 3 is 2.63 bits per heavy atom. The minimum atomic E-state index is -0.561. The first-order valence-electron chi connectivity index (χ1n) is 5.87. The fraction of sp³-hybridized carbons (Fsp3) is 0.214. The monoisotopic (exact) mass is 325 g/mol. The number of hydrogen-bond acceptors (Lipinski definition) is 3. The van der Waals surface area contributed by atoms with Crippen molar-refractivity contribution in [3.8, 4) is 11.5 Å². The topological polar surface area (TPSA) is 42.4 Å². The Hall–Kier alpha value is -1.46. The van der Waals surface area contributed by atoms with Crippen LogP contribution < -0.4 is 4.74 Å². The van der Waals surface area contributed by atoms with E-state index in [4.69, 9.17) is 4.74 Å². The fourth-order valence-corrected chi connectivity index (χ4v) is 1.89. The highest BCUT2D eigenvalue weighted by Crippen LogP contribution is 2.26. The van der Waals surface area contributed by atoms with Gasteiger partial charge in [-0.3, -0.25) is 4.98 Å². The molecule has 5 heteroatoms. The molecule has 0 bridgehead atoms. The molecule has 0 aliphatic heterocycles. The number of ether oxygens (including phenoxy) is 1. The molecule has 0 saturated carbocycles. The summed E-state index contributed by atoms with van der Waals surface area (Å²) in [5.41, 5.74) is 0.607. The molecule has 0 fully saturated rings. The van der Waals surface area contributed by atoms with Crippen molar-refractivity contribution in [2.45, 2.75) is 19.4 Å². The first-order valence-corrected chi connectivity index (χ1v) is 6.66. The molecule has 3 nitrogen and oxygen atoms in total. The Kier molecular flexibility index (Phi) is 4.50. The smallest absolute Gasteiger partial charge is 0.145 e. The van der Waals surface area contributed by atoms with Gasteiger partial charge in [-0.25, -0.2) is 4.39 Å². The quantitative estimate of drug-likeness (QED) is 0.915. The summed E-state index contributed by atoms with van der Waals surface area (Å²) in [7, 11) is 0. The van der Waals surface area contributed by atoms with Crippen molar-refractivity contribution >= 4 is 15.9 Å². The Morgan fingerprint density at radius 2 is 2.05 bits per heavy atom. The number of nitrogens with zero attached hydrogens (tertiary/aromatic N) is 1. The number of rotatable bonds is 4. The number of benzene rings is 1. The minimum Gasteiger partial charge on any atom is -0.456 e. The molecule has 1 atom stereocenters. The van der Waals surface area contributed by atoms with E-state index in [2.05, 4.69) is 20.9 Å². The summed E-state index contributed by atoms with van der Waals surface area (Å²) in [5.74, 6) is 0.705. The van der Waals surface area contributed by atoms with Crippen LogP contribution in [0.25, 0.3) is 0 Å². The average molecular weight is 326 g/mol. The number of aliphatic hydroxyl groups is 1. The van der Waals surface area contributed by atoms with Gasteiger partial charge < -0.3 is 9.84 Å². The average Bonchev–Trinajstić information content (AvgIpc) is 2.43. The molecular formula is C14H13BrFNO2. The van der Waals surface area contributed by atoms with Gasteiger partial charge in [0.15, 0.2) is 0 Å². The molecule has 19 heavy (non-hydrogen) atoms. The van der Waals surface area contributed by atoms with E-state index in [0.717, 1.165) is 0 Å². The summed E-state index contributed by atoms with van der Waals surface area (Å²) in [6, 6.07) is 7.83. The van der Waals surface area contributed by atoms with Crippen LogP contribution in [0, 0.1) is 5.82 Å². The predicted molar refractivity (Wildman–Crippen MR) is 73.7 cm³/mol. The van der Waals surface area contributed by atoms with Crippen LogP contribution in [-0.4, -0.2) is 10.1 Å². The van der Waals surface area contributed by atoms with Crippen molar-refractivity contribution < 1.29 is 14.2 Å². The summed E-state index contributed by atoms with van der Waals surface area (Å²) >= 11 is 3.10. The lowest BCUT2D eigenvalue weighted by Crippen LogP contribution is -1.98. The van der Waals surface area contributed by atoms with E-state index in [1.165, 1.54) is 18.3 Å². The molecule has 2 aromatic rings. The molecule has 2 rings (SSSR count). The molecule has 1 N–H and O–H groups in total. The van der Waals surface area contributed by atoms with Crippen LogP contribution in [0.3, 0.4) is 0 Å². The van der Waals surface area contributed by atoms with E-state index in [1.807, 2.05) is 6.92 Å². The van der Waals surface area contributed by atoms with Gasteiger partial charge in [-0.05, 0) is 52.7 Å². The van der Waals surface area contributed by atoms with Crippen molar-refractivity contribution in [3.63, 3.8) is 0 Å². The van der Waals surface area contributed by atoms with Gasteiger partial charge in [-0.2, -0.15) is 0 Å². The maximum atomic E-state index is 13.1. The van der Waals surface area contributed by atoms with Crippen LogP contribution in [0.15, 0.2) is 41.0 Å². The van der Waals surface area contributed by atoms with E-state index < -0.39 is 6.10 Å². The molecule has 1 aromatic heterocycles. The second-order valence-corrected chi connectivity index (χ2v) is 4.88. The lowest BCUT2D eigenvalue weighted by molar-refractivity contribution is 0.169. The van der Waals surface area contributed by atoms with E-state index >= 15 is 0 Å². The second kappa shape index (κ2) is 6.12. The molecule has 0 radical (unpaired) electrons. The number of hydrogen-bond donors (Lipinski definition) is 1. The Bertz CT molecular complexity index is 560. The van der Waals surface area contributed by atoms with Crippen LogP contribution in [-0.2, 0) is 0 Å². The Labute approximate surface area is 119 Å². The highest BCUT2D eigenvalue weighted by atomic mass is 79.9. The number of halogens is 2. The number of aromatic nitrogens is 1. The minimum absolute atomic E-state index is 0.341. The van der Waals surface area contributed by atoms with Gasteiger partial charge in [-0.1, -0.05) is 6.92 Å². The molecule has 0 saturated heterocycles. The van der Waals surface area contributed by atoms with Crippen molar-refractivity contribution in [3.05, 3.63) is 52.5 Å². The predicted octanol–water partition coefficient (Wildman–Crippen LogP) is 4.22. The summed E-state index contributed by atoms with van der Waals surface area (Å²) in [6.07, 6.45) is 1.58. The SMILES string of the molecule is CC[C@@H](O)c1ccc(Oc2ccc(F)c(Br)c2)cn1. The third-order valence-corrected chi connectivity index (χ3v) is 3.22. The highest BCUT2D eigenvalue weighted by Gasteiger charge is 2.07. The molecule has 0 aliphatic rings. The lowest BCUT2D eigenvalue weighted by Gasteiger charge is -2.09. The molecule has 100 valence electrons. The van der Waals surface area contributed by atoms with Crippen LogP contribution in [0.5, 0.6) is 11.5 Å². The van der Waals surface area contributed by atoms with Crippen molar-refractivity contribution in [1.29, 1.82) is 0 Å². The van der Waals surface area contributed by atoms with Gasteiger partial charge in [0.1, 0.15) is 17.3 Å². The van der Waals surface area contributed by atoms with Gasteiger partial charge in [0, 0.05) is 0 Å². The summed E-state index contributed by atoms with van der Waals surface area (Å²) in [4.78, 5) is 4.12. The Morgan fingerprint density at radius 1 is 1.32 bits per heavy atom. The first kappa shape index (κ1) is 14.0. The van der Waals surface area contributed by atoms with Gasteiger partial charge in [0.2, 0.25) is 0 Å². The third-order valence-electron chi connectivity index (χ3n) is 2.61. The van der Waals surface area contributed by atoms with Crippen molar-refractivity contribution in [2.75, 3.05) is 0 Å². The molecule has 0 amide bonds. The van der Waals surface area contributed by atoms with Crippen LogP contribution in [0.2, 0.25) is 0 Å². The van der Waals surface area contributed by atoms with Crippen LogP contribution >= 0.6 is 15.9 Å². The summed E-state index contributed by atoms with van der Waals surface area (Å²) in [6.45, 7) is 1.88. The van der Waals surface area contributed by atoms with E-state index in [9.17, 15) is 9.50 Å². The normalized spacial score (nSPS) is 12.2. The summed E-state index contributed by atoms with van der Waals surface area (Å²) < 4.78 is 19.0.